The number of fused-ring (bicyclic) bond motifs is 1. The molecule has 19 heavy (non-hydrogen) atoms. The van der Waals surface area contributed by atoms with E-state index >= 15 is 0 Å². The lowest BCUT2D eigenvalue weighted by Gasteiger charge is -2.11. The van der Waals surface area contributed by atoms with Gasteiger partial charge in [-0.1, -0.05) is 30.3 Å². The van der Waals surface area contributed by atoms with Gasteiger partial charge in [0.15, 0.2) is 0 Å². The average molecular weight is 269 g/mol. The number of hydrogen-bond acceptors (Lipinski definition) is 4. The van der Waals surface area contributed by atoms with Gasteiger partial charge in [0.1, 0.15) is 11.2 Å². The molecule has 0 amide bonds. The minimum Gasteiger partial charge on any atom is -0.324 e. The highest BCUT2D eigenvalue weighted by atomic mass is 32.1. The van der Waals surface area contributed by atoms with Gasteiger partial charge in [0.25, 0.3) is 0 Å². The highest BCUT2D eigenvalue weighted by Crippen LogP contribution is 2.26. The van der Waals surface area contributed by atoms with Crippen molar-refractivity contribution >= 4 is 21.6 Å². The van der Waals surface area contributed by atoms with Crippen LogP contribution in [0.5, 0.6) is 0 Å². The van der Waals surface area contributed by atoms with Crippen molar-refractivity contribution in [1.82, 2.24) is 9.97 Å². The largest absolute Gasteiger partial charge is 0.324 e. The van der Waals surface area contributed by atoms with Crippen molar-refractivity contribution < 1.29 is 0 Å². The molecule has 0 bridgehead atoms. The van der Waals surface area contributed by atoms with Crippen molar-refractivity contribution in [1.29, 1.82) is 0 Å². The molecule has 3 aromatic rings. The first kappa shape index (κ1) is 12.3. The maximum Gasteiger partial charge on any atom is 0.127 e. The molecular weight excluding hydrogens is 254 g/mol. The second-order valence-electron chi connectivity index (χ2n) is 4.62. The van der Waals surface area contributed by atoms with E-state index in [1.807, 2.05) is 18.2 Å². The van der Waals surface area contributed by atoms with Crippen molar-refractivity contribution in [2.24, 2.45) is 5.73 Å². The van der Waals surface area contributed by atoms with Crippen LogP contribution in [0.4, 0.5) is 0 Å². The lowest BCUT2D eigenvalue weighted by molar-refractivity contribution is 0.710. The third-order valence-corrected chi connectivity index (χ3v) is 4.13. The van der Waals surface area contributed by atoms with Gasteiger partial charge in [0, 0.05) is 22.7 Å². The van der Waals surface area contributed by atoms with Crippen LogP contribution in [0.3, 0.4) is 0 Å². The Kier molecular flexibility index (Phi) is 3.27. The summed E-state index contributed by atoms with van der Waals surface area (Å²) >= 11 is 1.70. The zero-order chi connectivity index (χ0) is 13.2. The maximum atomic E-state index is 6.27. The number of nitrogens with two attached hydrogens (primary N) is 1. The summed E-state index contributed by atoms with van der Waals surface area (Å²) < 4.78 is 0. The first-order chi connectivity index (χ1) is 9.24. The standard InChI is InChI=1S/C15H15N3S/c1-10-7-12-14(17-9-18-15(12)19-10)8-13(16)11-5-3-2-4-6-11/h2-7,9,13H,8,16H2,1H3. The third-order valence-electron chi connectivity index (χ3n) is 3.18. The lowest BCUT2D eigenvalue weighted by Crippen LogP contribution is -2.14. The number of benzene rings is 1. The van der Waals surface area contributed by atoms with Crippen molar-refractivity contribution in [3.63, 3.8) is 0 Å². The fourth-order valence-electron chi connectivity index (χ4n) is 2.21. The van der Waals surface area contributed by atoms with E-state index in [-0.39, 0.29) is 6.04 Å². The van der Waals surface area contributed by atoms with Crippen LogP contribution in [0.25, 0.3) is 10.2 Å². The van der Waals surface area contributed by atoms with Crippen LogP contribution in [0.2, 0.25) is 0 Å². The van der Waals surface area contributed by atoms with Crippen molar-refractivity contribution in [3.8, 4) is 0 Å². The second-order valence-corrected chi connectivity index (χ2v) is 5.85. The summed E-state index contributed by atoms with van der Waals surface area (Å²) in [7, 11) is 0. The minimum absolute atomic E-state index is 0.0282. The predicted molar refractivity (Wildman–Crippen MR) is 79.2 cm³/mol. The summed E-state index contributed by atoms with van der Waals surface area (Å²) in [5.74, 6) is 0. The zero-order valence-corrected chi connectivity index (χ0v) is 11.5. The number of rotatable bonds is 3. The number of aromatic nitrogens is 2. The smallest absolute Gasteiger partial charge is 0.127 e. The van der Waals surface area contributed by atoms with Crippen LogP contribution in [0, 0.1) is 6.92 Å². The molecule has 3 nitrogen and oxygen atoms in total. The summed E-state index contributed by atoms with van der Waals surface area (Å²) in [6, 6.07) is 12.3. The molecule has 0 aliphatic rings. The molecule has 1 aromatic carbocycles. The Morgan fingerprint density at radius 2 is 2.00 bits per heavy atom. The van der Waals surface area contributed by atoms with E-state index in [4.69, 9.17) is 5.73 Å². The van der Waals surface area contributed by atoms with Crippen molar-refractivity contribution in [2.45, 2.75) is 19.4 Å². The molecule has 2 heterocycles. The second kappa shape index (κ2) is 5.07. The Hall–Kier alpha value is -1.78. The van der Waals surface area contributed by atoms with E-state index in [1.54, 1.807) is 17.7 Å². The fourth-order valence-corrected chi connectivity index (χ4v) is 3.08. The fraction of sp³-hybridized carbons (Fsp3) is 0.200. The van der Waals surface area contributed by atoms with E-state index in [1.165, 1.54) is 4.88 Å². The van der Waals surface area contributed by atoms with E-state index in [9.17, 15) is 0 Å². The molecule has 0 saturated heterocycles. The topological polar surface area (TPSA) is 51.8 Å². The number of aryl methyl sites for hydroxylation is 1. The van der Waals surface area contributed by atoms with Crippen molar-refractivity contribution in [2.75, 3.05) is 0 Å². The van der Waals surface area contributed by atoms with Crippen LogP contribution in [-0.4, -0.2) is 9.97 Å². The molecule has 2 aromatic heterocycles. The molecule has 0 aliphatic heterocycles. The van der Waals surface area contributed by atoms with E-state index in [2.05, 4.69) is 35.1 Å². The van der Waals surface area contributed by atoms with Crippen LogP contribution >= 0.6 is 11.3 Å². The van der Waals surface area contributed by atoms with Gasteiger partial charge in [-0.2, -0.15) is 0 Å². The van der Waals surface area contributed by atoms with E-state index in [0.717, 1.165) is 27.9 Å². The Bertz CT molecular complexity index is 691. The van der Waals surface area contributed by atoms with Gasteiger partial charge in [-0.05, 0) is 18.6 Å². The number of thiophene rings is 1. The summed E-state index contributed by atoms with van der Waals surface area (Å²) in [6.45, 7) is 2.09. The quantitative estimate of drug-likeness (QED) is 0.794. The SMILES string of the molecule is Cc1cc2c(CC(N)c3ccccc3)ncnc2s1. The Morgan fingerprint density at radius 1 is 1.21 bits per heavy atom. The van der Waals surface area contributed by atoms with E-state index in [0.29, 0.717) is 0 Å². The van der Waals surface area contributed by atoms with Crippen LogP contribution in [0.1, 0.15) is 22.2 Å². The van der Waals surface area contributed by atoms with Gasteiger partial charge in [0.05, 0.1) is 5.69 Å². The van der Waals surface area contributed by atoms with Gasteiger partial charge >= 0.3 is 0 Å². The van der Waals surface area contributed by atoms with Gasteiger partial charge < -0.3 is 5.73 Å². The van der Waals surface area contributed by atoms with Gasteiger partial charge in [-0.3, -0.25) is 0 Å². The lowest BCUT2D eigenvalue weighted by atomic mass is 10.0. The van der Waals surface area contributed by atoms with Crippen LogP contribution in [-0.2, 0) is 6.42 Å². The summed E-state index contributed by atoms with van der Waals surface area (Å²) in [5, 5.41) is 1.14. The molecule has 2 N–H and O–H groups in total. The summed E-state index contributed by atoms with van der Waals surface area (Å²) in [4.78, 5) is 11.0. The normalized spacial score (nSPS) is 12.7. The molecule has 0 spiro atoms. The number of nitrogens with zero attached hydrogens (tertiary/aromatic N) is 2. The highest BCUT2D eigenvalue weighted by molar-refractivity contribution is 7.18. The molecule has 0 aliphatic carbocycles. The number of hydrogen-bond donors (Lipinski definition) is 1. The molecular formula is C15H15N3S. The van der Waals surface area contributed by atoms with Crippen molar-refractivity contribution in [3.05, 3.63) is 58.9 Å². The summed E-state index contributed by atoms with van der Waals surface area (Å²) in [6.07, 6.45) is 2.37. The Labute approximate surface area is 116 Å². The molecule has 0 fully saturated rings. The predicted octanol–water partition coefficient (Wildman–Crippen LogP) is 3.24. The molecule has 0 radical (unpaired) electrons. The molecule has 4 heteroatoms. The van der Waals surface area contributed by atoms with Gasteiger partial charge in [-0.25, -0.2) is 9.97 Å². The zero-order valence-electron chi connectivity index (χ0n) is 10.7. The van der Waals surface area contributed by atoms with Crippen LogP contribution < -0.4 is 5.73 Å². The maximum absolute atomic E-state index is 6.27. The molecule has 0 saturated carbocycles. The molecule has 1 atom stereocenters. The third kappa shape index (κ3) is 2.50. The summed E-state index contributed by atoms with van der Waals surface area (Å²) in [5.41, 5.74) is 8.44. The van der Waals surface area contributed by atoms with Gasteiger partial charge in [0.2, 0.25) is 0 Å². The Morgan fingerprint density at radius 3 is 2.79 bits per heavy atom. The monoisotopic (exact) mass is 269 g/mol. The first-order valence-corrected chi connectivity index (χ1v) is 7.06. The van der Waals surface area contributed by atoms with E-state index < -0.39 is 0 Å². The molecule has 96 valence electrons. The van der Waals surface area contributed by atoms with Crippen LogP contribution in [0.15, 0.2) is 42.7 Å². The highest BCUT2D eigenvalue weighted by Gasteiger charge is 2.12. The average Bonchev–Trinajstić information content (AvgIpc) is 2.81. The first-order valence-electron chi connectivity index (χ1n) is 6.24. The molecule has 1 unspecified atom stereocenters. The van der Waals surface area contributed by atoms with Gasteiger partial charge in [-0.15, -0.1) is 11.3 Å². The Balaban J connectivity index is 1.93. The minimum atomic E-state index is -0.0282. The molecule has 3 rings (SSSR count).